The van der Waals surface area contributed by atoms with Gasteiger partial charge in [-0.2, -0.15) is 0 Å². The molecule has 0 heterocycles. The molecule has 0 bridgehead atoms. The zero-order chi connectivity index (χ0) is 14.1. The topological polar surface area (TPSA) is 113 Å². The van der Waals surface area contributed by atoms with Gasteiger partial charge in [0.2, 0.25) is 0 Å². The Morgan fingerprint density at radius 1 is 1.00 bits per heavy atom. The maximum absolute atomic E-state index is 9.00. The van der Waals surface area contributed by atoms with Crippen LogP contribution in [0.4, 0.5) is 0 Å². The molecule has 0 fully saturated rings. The molecule has 0 aromatic carbocycles. The number of nitrogens with two attached hydrogens (primary N) is 2. The fraction of sp³-hybridized carbons (Fsp3) is 0.833. The maximum Gasteiger partial charge on any atom is 0.300 e. The van der Waals surface area contributed by atoms with Gasteiger partial charge in [-0.1, -0.05) is 58.8 Å². The van der Waals surface area contributed by atoms with Crippen LogP contribution >= 0.6 is 0 Å². The fourth-order valence-corrected chi connectivity index (χ4v) is 1.03. The van der Waals surface area contributed by atoms with Crippen molar-refractivity contribution in [2.75, 3.05) is 0 Å². The summed E-state index contributed by atoms with van der Waals surface area (Å²) in [5.74, 6) is -1.17. The SMILES string of the molecule is CC(=O)O.CCCCCCCCC.N=C(N)N. The molecule has 6 N–H and O–H groups in total. The lowest BCUT2D eigenvalue weighted by molar-refractivity contribution is -0.134. The van der Waals surface area contributed by atoms with E-state index in [1.54, 1.807) is 0 Å². The Bertz CT molecular complexity index is 147. The van der Waals surface area contributed by atoms with Crippen LogP contribution < -0.4 is 11.5 Å². The van der Waals surface area contributed by atoms with Crippen molar-refractivity contribution in [2.24, 2.45) is 11.5 Å². The van der Waals surface area contributed by atoms with Crippen molar-refractivity contribution in [3.8, 4) is 0 Å². The average Bonchev–Trinajstić information content (AvgIpc) is 2.16. The highest BCUT2D eigenvalue weighted by Crippen LogP contribution is 2.05. The van der Waals surface area contributed by atoms with Gasteiger partial charge >= 0.3 is 0 Å². The minimum atomic E-state index is -0.833. The van der Waals surface area contributed by atoms with Gasteiger partial charge in [-0.25, -0.2) is 0 Å². The third-order valence-electron chi connectivity index (χ3n) is 1.71. The quantitative estimate of drug-likeness (QED) is 0.328. The van der Waals surface area contributed by atoms with Crippen molar-refractivity contribution in [3.05, 3.63) is 0 Å². The van der Waals surface area contributed by atoms with Crippen LogP contribution in [0.1, 0.15) is 65.7 Å². The second kappa shape index (κ2) is 20.2. The number of carboxylic acids is 1. The van der Waals surface area contributed by atoms with E-state index >= 15 is 0 Å². The van der Waals surface area contributed by atoms with Gasteiger partial charge in [0, 0.05) is 6.92 Å². The van der Waals surface area contributed by atoms with Gasteiger partial charge in [-0.3, -0.25) is 10.2 Å². The van der Waals surface area contributed by atoms with E-state index in [9.17, 15) is 0 Å². The van der Waals surface area contributed by atoms with Crippen molar-refractivity contribution in [1.82, 2.24) is 0 Å². The molecule has 0 radical (unpaired) electrons. The largest absolute Gasteiger partial charge is 0.481 e. The van der Waals surface area contributed by atoms with Gasteiger partial charge in [0.1, 0.15) is 0 Å². The molecule has 104 valence electrons. The van der Waals surface area contributed by atoms with Crippen LogP contribution in [0.15, 0.2) is 0 Å². The second-order valence-electron chi connectivity index (χ2n) is 3.74. The minimum Gasteiger partial charge on any atom is -0.481 e. The van der Waals surface area contributed by atoms with Crippen molar-refractivity contribution < 1.29 is 9.90 Å². The number of rotatable bonds is 6. The highest BCUT2D eigenvalue weighted by atomic mass is 16.4. The van der Waals surface area contributed by atoms with Crippen LogP contribution in [0.5, 0.6) is 0 Å². The minimum absolute atomic E-state index is 0.333. The summed E-state index contributed by atoms with van der Waals surface area (Å²) < 4.78 is 0. The molecule has 0 aromatic rings. The van der Waals surface area contributed by atoms with Crippen LogP contribution in [0.2, 0.25) is 0 Å². The number of aliphatic carboxylic acids is 1. The first kappa shape index (κ1) is 21.1. The summed E-state index contributed by atoms with van der Waals surface area (Å²) in [4.78, 5) is 9.00. The van der Waals surface area contributed by atoms with E-state index in [4.69, 9.17) is 15.3 Å². The lowest BCUT2D eigenvalue weighted by atomic mass is 10.1. The van der Waals surface area contributed by atoms with Crippen LogP contribution in [0, 0.1) is 5.41 Å². The summed E-state index contributed by atoms with van der Waals surface area (Å²) in [6.07, 6.45) is 9.97. The van der Waals surface area contributed by atoms with Crippen molar-refractivity contribution in [1.29, 1.82) is 5.41 Å². The number of carbonyl (C=O) groups is 1. The Morgan fingerprint density at radius 2 is 1.18 bits per heavy atom. The standard InChI is InChI=1S/C9H20.C2H4O2.CH5N3/c1-3-5-7-9-8-6-4-2;1-2(3)4;2-1(3)4/h3-9H2,1-2H3;1H3,(H,3,4);(H5,2,3,4). The molecule has 0 aliphatic heterocycles. The molecule has 5 heteroatoms. The molecule has 0 aromatic heterocycles. The van der Waals surface area contributed by atoms with Crippen LogP contribution in [0.25, 0.3) is 0 Å². The number of unbranched alkanes of at least 4 members (excludes halogenated alkanes) is 6. The van der Waals surface area contributed by atoms with Gasteiger partial charge in [0.25, 0.3) is 5.97 Å². The number of nitrogens with one attached hydrogen (secondary N) is 1. The first-order valence-electron chi connectivity index (χ1n) is 6.17. The summed E-state index contributed by atoms with van der Waals surface area (Å²) in [7, 11) is 0. The van der Waals surface area contributed by atoms with E-state index in [0.29, 0.717) is 0 Å². The number of hydrogen-bond donors (Lipinski definition) is 4. The van der Waals surface area contributed by atoms with Gasteiger partial charge in [0.05, 0.1) is 0 Å². The van der Waals surface area contributed by atoms with Crippen molar-refractivity contribution in [3.63, 3.8) is 0 Å². The number of guanidine groups is 1. The zero-order valence-corrected chi connectivity index (χ0v) is 11.5. The predicted molar refractivity (Wildman–Crippen MR) is 73.1 cm³/mol. The van der Waals surface area contributed by atoms with Gasteiger partial charge in [-0.15, -0.1) is 0 Å². The molecule has 0 aliphatic rings. The van der Waals surface area contributed by atoms with E-state index in [0.717, 1.165) is 6.92 Å². The number of carboxylic acid groups (broad SMARTS) is 1. The molecule has 0 unspecified atom stereocenters. The van der Waals surface area contributed by atoms with E-state index < -0.39 is 5.97 Å². The van der Waals surface area contributed by atoms with Gasteiger partial charge in [0.15, 0.2) is 5.96 Å². The summed E-state index contributed by atoms with van der Waals surface area (Å²) in [6.45, 7) is 5.61. The molecule has 0 aliphatic carbocycles. The van der Waals surface area contributed by atoms with Crippen molar-refractivity contribution >= 4 is 11.9 Å². The Balaban J connectivity index is -0.000000205. The van der Waals surface area contributed by atoms with E-state index in [2.05, 4.69) is 25.3 Å². The first-order chi connectivity index (χ1) is 7.88. The molecule has 0 amide bonds. The van der Waals surface area contributed by atoms with Gasteiger partial charge < -0.3 is 16.6 Å². The Labute approximate surface area is 105 Å². The smallest absolute Gasteiger partial charge is 0.300 e. The highest BCUT2D eigenvalue weighted by Gasteiger charge is 1.85. The Kier molecular flexibility index (Phi) is 25.0. The lowest BCUT2D eigenvalue weighted by Crippen LogP contribution is -2.20. The summed E-state index contributed by atoms with van der Waals surface area (Å²) in [5, 5.41) is 13.5. The second-order valence-corrected chi connectivity index (χ2v) is 3.74. The fourth-order valence-electron chi connectivity index (χ4n) is 1.03. The van der Waals surface area contributed by atoms with Crippen LogP contribution in [0.3, 0.4) is 0 Å². The third kappa shape index (κ3) is 106. The Hall–Kier alpha value is -1.26. The summed E-state index contributed by atoms with van der Waals surface area (Å²) in [5.41, 5.74) is 8.94. The number of hydrogen-bond acceptors (Lipinski definition) is 2. The lowest BCUT2D eigenvalue weighted by Gasteiger charge is -1.96. The first-order valence-corrected chi connectivity index (χ1v) is 6.17. The highest BCUT2D eigenvalue weighted by molar-refractivity contribution is 5.71. The normalized spacial score (nSPS) is 8.18. The van der Waals surface area contributed by atoms with Gasteiger partial charge in [-0.05, 0) is 0 Å². The van der Waals surface area contributed by atoms with Crippen LogP contribution in [-0.2, 0) is 4.79 Å². The molecule has 0 saturated heterocycles. The maximum atomic E-state index is 9.00. The Morgan fingerprint density at radius 3 is 1.35 bits per heavy atom. The molecule has 0 spiro atoms. The van der Waals surface area contributed by atoms with E-state index in [-0.39, 0.29) is 5.96 Å². The summed E-state index contributed by atoms with van der Waals surface area (Å²) in [6, 6.07) is 0. The molecular weight excluding hydrogens is 218 g/mol. The monoisotopic (exact) mass is 247 g/mol. The molecule has 0 saturated carbocycles. The molecule has 0 rings (SSSR count). The van der Waals surface area contributed by atoms with Crippen LogP contribution in [-0.4, -0.2) is 17.0 Å². The molecule has 0 atom stereocenters. The molecule has 17 heavy (non-hydrogen) atoms. The zero-order valence-electron chi connectivity index (χ0n) is 11.5. The van der Waals surface area contributed by atoms with E-state index in [1.165, 1.54) is 44.9 Å². The third-order valence-corrected chi connectivity index (χ3v) is 1.71. The molecule has 5 nitrogen and oxygen atoms in total. The average molecular weight is 247 g/mol. The van der Waals surface area contributed by atoms with E-state index in [1.807, 2.05) is 0 Å². The summed E-state index contributed by atoms with van der Waals surface area (Å²) >= 11 is 0. The predicted octanol–water partition coefficient (Wildman–Crippen LogP) is 2.69. The molecular formula is C12H29N3O2. The van der Waals surface area contributed by atoms with Crippen molar-refractivity contribution in [2.45, 2.75) is 65.7 Å².